The van der Waals surface area contributed by atoms with Crippen LogP contribution in [0.1, 0.15) is 17.5 Å². The van der Waals surface area contributed by atoms with Crippen LogP contribution in [0.2, 0.25) is 0 Å². The first kappa shape index (κ1) is 11.9. The van der Waals surface area contributed by atoms with Gasteiger partial charge in [-0.25, -0.2) is 0 Å². The van der Waals surface area contributed by atoms with Crippen LogP contribution in [0.15, 0.2) is 22.7 Å². The lowest BCUT2D eigenvalue weighted by molar-refractivity contribution is -0.136. The molecule has 3 nitrogen and oxygen atoms in total. The van der Waals surface area contributed by atoms with Gasteiger partial charge in [0, 0.05) is 10.9 Å². The standard InChI is InChI=1S/C11H11BrO3/c12-10-4-3-9(7-11(14)15)8(6-10)2-1-5-13/h3-6H,1-2,7H2,(H,14,15). The van der Waals surface area contributed by atoms with Gasteiger partial charge in [-0.1, -0.05) is 22.0 Å². The van der Waals surface area contributed by atoms with Crippen LogP contribution < -0.4 is 0 Å². The van der Waals surface area contributed by atoms with Gasteiger partial charge in [-0.15, -0.1) is 0 Å². The van der Waals surface area contributed by atoms with Gasteiger partial charge in [0.2, 0.25) is 0 Å². The number of aliphatic carboxylic acids is 1. The average Bonchev–Trinajstić information content (AvgIpc) is 2.18. The highest BCUT2D eigenvalue weighted by atomic mass is 79.9. The smallest absolute Gasteiger partial charge is 0.307 e. The van der Waals surface area contributed by atoms with Gasteiger partial charge in [0.05, 0.1) is 6.42 Å². The number of hydrogen-bond donors (Lipinski definition) is 1. The Morgan fingerprint density at radius 3 is 2.73 bits per heavy atom. The van der Waals surface area contributed by atoms with E-state index in [1.807, 2.05) is 12.1 Å². The predicted molar refractivity (Wildman–Crippen MR) is 59.9 cm³/mol. The predicted octanol–water partition coefficient (Wildman–Crippen LogP) is 2.21. The van der Waals surface area contributed by atoms with Crippen molar-refractivity contribution in [2.75, 3.05) is 0 Å². The topological polar surface area (TPSA) is 54.4 Å². The normalized spacial score (nSPS) is 9.93. The van der Waals surface area contributed by atoms with E-state index in [1.165, 1.54) is 0 Å². The molecule has 0 unspecified atom stereocenters. The molecule has 0 fully saturated rings. The van der Waals surface area contributed by atoms with Crippen molar-refractivity contribution in [2.24, 2.45) is 0 Å². The summed E-state index contributed by atoms with van der Waals surface area (Å²) in [7, 11) is 0. The third-order valence-corrected chi connectivity index (χ3v) is 2.53. The molecule has 4 heteroatoms. The van der Waals surface area contributed by atoms with Crippen LogP contribution in [-0.2, 0) is 22.4 Å². The van der Waals surface area contributed by atoms with E-state index in [-0.39, 0.29) is 6.42 Å². The van der Waals surface area contributed by atoms with E-state index in [0.29, 0.717) is 12.8 Å². The van der Waals surface area contributed by atoms with E-state index < -0.39 is 5.97 Å². The van der Waals surface area contributed by atoms with Crippen LogP contribution in [0.25, 0.3) is 0 Å². The summed E-state index contributed by atoms with van der Waals surface area (Å²) in [6.45, 7) is 0. The second-order valence-corrected chi connectivity index (χ2v) is 4.10. The van der Waals surface area contributed by atoms with Gasteiger partial charge in [-0.05, 0) is 29.7 Å². The first-order valence-corrected chi connectivity index (χ1v) is 5.35. The van der Waals surface area contributed by atoms with Gasteiger partial charge in [0.1, 0.15) is 6.29 Å². The number of aldehydes is 1. The third kappa shape index (κ3) is 3.83. The Morgan fingerprint density at radius 2 is 2.13 bits per heavy atom. The highest BCUT2D eigenvalue weighted by Gasteiger charge is 2.07. The van der Waals surface area contributed by atoms with Crippen LogP contribution in [0, 0.1) is 0 Å². The first-order chi connectivity index (χ1) is 7.13. The van der Waals surface area contributed by atoms with Crippen LogP contribution >= 0.6 is 15.9 Å². The van der Waals surface area contributed by atoms with Crippen molar-refractivity contribution >= 4 is 28.2 Å². The largest absolute Gasteiger partial charge is 0.481 e. The molecule has 0 aromatic heterocycles. The molecule has 1 aromatic rings. The summed E-state index contributed by atoms with van der Waals surface area (Å²) in [5, 5.41) is 8.70. The lowest BCUT2D eigenvalue weighted by atomic mass is 10.0. The van der Waals surface area contributed by atoms with Gasteiger partial charge in [0.25, 0.3) is 0 Å². The summed E-state index contributed by atoms with van der Waals surface area (Å²) in [6.07, 6.45) is 1.85. The van der Waals surface area contributed by atoms with Crippen molar-refractivity contribution in [1.29, 1.82) is 0 Å². The molecule has 0 aliphatic rings. The van der Waals surface area contributed by atoms with Crippen molar-refractivity contribution in [3.63, 3.8) is 0 Å². The minimum atomic E-state index is -0.857. The van der Waals surface area contributed by atoms with E-state index in [1.54, 1.807) is 6.07 Å². The summed E-state index contributed by atoms with van der Waals surface area (Å²) in [5.41, 5.74) is 1.69. The number of carboxylic acids is 1. The van der Waals surface area contributed by atoms with Crippen molar-refractivity contribution in [1.82, 2.24) is 0 Å². The molecule has 0 radical (unpaired) electrons. The summed E-state index contributed by atoms with van der Waals surface area (Å²) in [6, 6.07) is 5.45. The number of rotatable bonds is 5. The molecule has 0 amide bonds. The molecule has 0 atom stereocenters. The summed E-state index contributed by atoms with van der Waals surface area (Å²) in [4.78, 5) is 20.9. The van der Waals surface area contributed by atoms with E-state index in [4.69, 9.17) is 5.11 Å². The third-order valence-electron chi connectivity index (χ3n) is 2.04. The number of halogens is 1. The summed E-state index contributed by atoms with van der Waals surface area (Å²) < 4.78 is 0.900. The lowest BCUT2D eigenvalue weighted by Crippen LogP contribution is -2.04. The zero-order valence-corrected chi connectivity index (χ0v) is 9.66. The van der Waals surface area contributed by atoms with E-state index in [0.717, 1.165) is 21.9 Å². The minimum absolute atomic E-state index is 0.00146. The average molecular weight is 271 g/mol. The Hall–Kier alpha value is -1.16. The van der Waals surface area contributed by atoms with Gasteiger partial charge >= 0.3 is 5.97 Å². The Labute approximate surface area is 96.2 Å². The fourth-order valence-electron chi connectivity index (χ4n) is 1.38. The zero-order chi connectivity index (χ0) is 11.3. The molecule has 1 rings (SSSR count). The molecule has 0 heterocycles. The molecular formula is C11H11BrO3. The second kappa shape index (κ2) is 5.66. The maximum absolute atomic E-state index is 10.6. The number of benzene rings is 1. The highest BCUT2D eigenvalue weighted by Crippen LogP contribution is 2.18. The number of aryl methyl sites for hydroxylation is 1. The van der Waals surface area contributed by atoms with Crippen molar-refractivity contribution in [2.45, 2.75) is 19.3 Å². The Kier molecular flexibility index (Phi) is 4.49. The maximum atomic E-state index is 10.6. The number of carbonyl (C=O) groups is 2. The van der Waals surface area contributed by atoms with Crippen molar-refractivity contribution < 1.29 is 14.7 Å². The van der Waals surface area contributed by atoms with Crippen LogP contribution in [-0.4, -0.2) is 17.4 Å². The number of carboxylic acid groups (broad SMARTS) is 1. The van der Waals surface area contributed by atoms with Crippen LogP contribution in [0.5, 0.6) is 0 Å². The zero-order valence-electron chi connectivity index (χ0n) is 8.07. The summed E-state index contributed by atoms with van der Waals surface area (Å²) >= 11 is 3.32. The molecule has 0 saturated heterocycles. The van der Waals surface area contributed by atoms with E-state index >= 15 is 0 Å². The quantitative estimate of drug-likeness (QED) is 0.835. The molecule has 0 spiro atoms. The highest BCUT2D eigenvalue weighted by molar-refractivity contribution is 9.10. The second-order valence-electron chi connectivity index (χ2n) is 3.19. The van der Waals surface area contributed by atoms with E-state index in [2.05, 4.69) is 15.9 Å². The molecule has 80 valence electrons. The van der Waals surface area contributed by atoms with Gasteiger partial charge < -0.3 is 9.90 Å². The van der Waals surface area contributed by atoms with Gasteiger partial charge in [-0.3, -0.25) is 4.79 Å². The van der Waals surface area contributed by atoms with E-state index in [9.17, 15) is 9.59 Å². The molecule has 15 heavy (non-hydrogen) atoms. The van der Waals surface area contributed by atoms with Crippen molar-refractivity contribution in [3.8, 4) is 0 Å². The van der Waals surface area contributed by atoms with Crippen LogP contribution in [0.3, 0.4) is 0 Å². The molecule has 1 aromatic carbocycles. The molecule has 0 aliphatic carbocycles. The number of hydrogen-bond acceptors (Lipinski definition) is 2. The monoisotopic (exact) mass is 270 g/mol. The fraction of sp³-hybridized carbons (Fsp3) is 0.273. The van der Waals surface area contributed by atoms with Crippen molar-refractivity contribution in [3.05, 3.63) is 33.8 Å². The SMILES string of the molecule is O=CCCc1cc(Br)ccc1CC(=O)O. The molecule has 0 bridgehead atoms. The molecule has 0 saturated carbocycles. The first-order valence-electron chi connectivity index (χ1n) is 4.56. The Bertz CT molecular complexity index is 374. The van der Waals surface area contributed by atoms with Crippen LogP contribution in [0.4, 0.5) is 0 Å². The maximum Gasteiger partial charge on any atom is 0.307 e. The lowest BCUT2D eigenvalue weighted by Gasteiger charge is -2.06. The molecular weight excluding hydrogens is 260 g/mol. The van der Waals surface area contributed by atoms with Gasteiger partial charge in [0.15, 0.2) is 0 Å². The fourth-order valence-corrected chi connectivity index (χ4v) is 1.79. The summed E-state index contributed by atoms with van der Waals surface area (Å²) in [5.74, 6) is -0.857. The number of carbonyl (C=O) groups excluding carboxylic acids is 1. The Balaban J connectivity index is 2.91. The molecule has 0 aliphatic heterocycles. The molecule has 1 N–H and O–H groups in total. The minimum Gasteiger partial charge on any atom is -0.481 e. The Morgan fingerprint density at radius 1 is 1.40 bits per heavy atom. The van der Waals surface area contributed by atoms with Gasteiger partial charge in [-0.2, -0.15) is 0 Å².